The Kier molecular flexibility index (Phi) is 5.65. The number of hydrogen-bond acceptors (Lipinski definition) is 6. The molecule has 1 fully saturated rings. The normalized spacial score (nSPS) is 16.0. The third-order valence-corrected chi connectivity index (χ3v) is 9.62. The van der Waals surface area contributed by atoms with Crippen molar-refractivity contribution in [2.24, 2.45) is 0 Å². The number of thiazole rings is 1. The third-order valence-electron chi connectivity index (χ3n) is 6.71. The van der Waals surface area contributed by atoms with E-state index in [-0.39, 0.29) is 16.6 Å². The van der Waals surface area contributed by atoms with E-state index in [0.717, 1.165) is 20.9 Å². The summed E-state index contributed by atoms with van der Waals surface area (Å²) in [5, 5.41) is 0.820. The SMILES string of the molecule is O=C(c1ccc(S(=O)(=O)N2CCc3ccccc32)cc1)N1CCN(c2nc3ccc(F)cc3s2)CC1. The van der Waals surface area contributed by atoms with Crippen LogP contribution in [-0.4, -0.2) is 56.9 Å². The molecule has 2 aliphatic heterocycles. The first-order valence-corrected chi connectivity index (χ1v) is 14.0. The van der Waals surface area contributed by atoms with Gasteiger partial charge in [-0.05, 0) is 60.5 Å². The molecule has 2 aliphatic rings. The summed E-state index contributed by atoms with van der Waals surface area (Å²) in [6.07, 6.45) is 0.686. The number of anilines is 2. The first-order valence-electron chi connectivity index (χ1n) is 11.7. The number of para-hydroxylation sites is 1. The molecular weight excluding hydrogens is 499 g/mol. The van der Waals surface area contributed by atoms with Gasteiger partial charge in [-0.25, -0.2) is 17.8 Å². The monoisotopic (exact) mass is 522 g/mol. The lowest BCUT2D eigenvalue weighted by Crippen LogP contribution is -2.48. The van der Waals surface area contributed by atoms with Gasteiger partial charge in [-0.1, -0.05) is 29.5 Å². The zero-order chi connectivity index (χ0) is 24.9. The lowest BCUT2D eigenvalue weighted by atomic mass is 10.2. The summed E-state index contributed by atoms with van der Waals surface area (Å²) in [5.74, 6) is -0.409. The predicted molar refractivity (Wildman–Crippen MR) is 139 cm³/mol. The highest BCUT2D eigenvalue weighted by Gasteiger charge is 2.31. The summed E-state index contributed by atoms with van der Waals surface area (Å²) in [7, 11) is -3.70. The van der Waals surface area contributed by atoms with Crippen LogP contribution in [0.2, 0.25) is 0 Å². The molecule has 6 rings (SSSR count). The maximum Gasteiger partial charge on any atom is 0.264 e. The van der Waals surface area contributed by atoms with E-state index >= 15 is 0 Å². The van der Waals surface area contributed by atoms with Crippen LogP contribution in [0, 0.1) is 5.82 Å². The van der Waals surface area contributed by atoms with Gasteiger partial charge in [-0.3, -0.25) is 9.10 Å². The Bertz CT molecular complexity index is 1560. The number of hydrogen-bond donors (Lipinski definition) is 0. The molecule has 0 unspecified atom stereocenters. The molecule has 36 heavy (non-hydrogen) atoms. The summed E-state index contributed by atoms with van der Waals surface area (Å²) in [6.45, 7) is 2.70. The first kappa shape index (κ1) is 22.9. The van der Waals surface area contributed by atoms with E-state index in [2.05, 4.69) is 9.88 Å². The molecule has 0 bridgehead atoms. The first-order chi connectivity index (χ1) is 17.4. The average Bonchev–Trinajstić information content (AvgIpc) is 3.53. The molecule has 10 heteroatoms. The van der Waals surface area contributed by atoms with Crippen molar-refractivity contribution in [3.63, 3.8) is 0 Å². The van der Waals surface area contributed by atoms with Crippen molar-refractivity contribution in [2.45, 2.75) is 11.3 Å². The van der Waals surface area contributed by atoms with E-state index in [0.29, 0.717) is 50.4 Å². The molecule has 4 aromatic rings. The lowest BCUT2D eigenvalue weighted by molar-refractivity contribution is 0.0746. The van der Waals surface area contributed by atoms with Gasteiger partial charge in [0.25, 0.3) is 15.9 Å². The highest BCUT2D eigenvalue weighted by Crippen LogP contribution is 2.33. The van der Waals surface area contributed by atoms with Gasteiger partial charge in [-0.15, -0.1) is 0 Å². The molecule has 0 spiro atoms. The van der Waals surface area contributed by atoms with Crippen LogP contribution in [0.5, 0.6) is 0 Å². The van der Waals surface area contributed by atoms with E-state index in [1.807, 2.05) is 24.3 Å². The minimum atomic E-state index is -3.70. The van der Waals surface area contributed by atoms with Crippen molar-refractivity contribution in [1.82, 2.24) is 9.88 Å². The summed E-state index contributed by atoms with van der Waals surface area (Å²) in [4.78, 5) is 21.7. The average molecular weight is 523 g/mol. The molecule has 0 atom stereocenters. The second kappa shape index (κ2) is 8.86. The van der Waals surface area contributed by atoms with Crippen molar-refractivity contribution < 1.29 is 17.6 Å². The molecule has 1 saturated heterocycles. The second-order valence-electron chi connectivity index (χ2n) is 8.87. The van der Waals surface area contributed by atoms with Crippen LogP contribution in [0.1, 0.15) is 15.9 Å². The van der Waals surface area contributed by atoms with Gasteiger partial charge in [0.15, 0.2) is 5.13 Å². The van der Waals surface area contributed by atoms with E-state index in [4.69, 9.17) is 0 Å². The zero-order valence-corrected chi connectivity index (χ0v) is 20.9. The molecular formula is C26H23FN4O3S2. The molecule has 3 aromatic carbocycles. The summed E-state index contributed by atoms with van der Waals surface area (Å²) < 4.78 is 42.2. The maximum atomic E-state index is 13.5. The van der Waals surface area contributed by atoms with Crippen molar-refractivity contribution >= 4 is 48.3 Å². The molecule has 184 valence electrons. The molecule has 7 nitrogen and oxygen atoms in total. The number of amides is 1. The molecule has 0 radical (unpaired) electrons. The molecule has 0 saturated carbocycles. The van der Waals surface area contributed by atoms with Crippen LogP contribution >= 0.6 is 11.3 Å². The minimum Gasteiger partial charge on any atom is -0.345 e. The number of fused-ring (bicyclic) bond motifs is 2. The van der Waals surface area contributed by atoms with Crippen LogP contribution in [0.3, 0.4) is 0 Å². The minimum absolute atomic E-state index is 0.128. The standard InChI is InChI=1S/C26H23FN4O3S2/c27-20-7-10-22-24(17-20)35-26(28-22)30-15-13-29(14-16-30)25(32)19-5-8-21(9-6-19)36(33,34)31-12-11-18-3-1-2-4-23(18)31/h1-10,17H,11-16H2. The van der Waals surface area contributed by atoms with Crippen molar-refractivity contribution in [3.8, 4) is 0 Å². The quantitative estimate of drug-likeness (QED) is 0.403. The van der Waals surface area contributed by atoms with Gasteiger partial charge in [0.2, 0.25) is 0 Å². The lowest BCUT2D eigenvalue weighted by Gasteiger charge is -2.34. The van der Waals surface area contributed by atoms with Gasteiger partial charge < -0.3 is 9.80 Å². The summed E-state index contributed by atoms with van der Waals surface area (Å²) >= 11 is 1.44. The second-order valence-corrected chi connectivity index (χ2v) is 11.7. The zero-order valence-electron chi connectivity index (χ0n) is 19.3. The molecule has 1 aromatic heterocycles. The highest BCUT2D eigenvalue weighted by molar-refractivity contribution is 7.92. The molecule has 1 amide bonds. The van der Waals surface area contributed by atoms with E-state index in [9.17, 15) is 17.6 Å². The number of sulfonamides is 1. The Hall–Kier alpha value is -3.50. The molecule has 0 aliphatic carbocycles. The number of carbonyl (C=O) groups excluding carboxylic acids is 1. The fraction of sp³-hybridized carbons (Fsp3) is 0.231. The van der Waals surface area contributed by atoms with E-state index in [1.165, 1.54) is 39.9 Å². The number of piperazine rings is 1. The van der Waals surface area contributed by atoms with Crippen LogP contribution in [0.15, 0.2) is 71.6 Å². The van der Waals surface area contributed by atoms with Gasteiger partial charge in [0, 0.05) is 38.3 Å². The Balaban J connectivity index is 1.13. The topological polar surface area (TPSA) is 73.8 Å². The Morgan fingerprint density at radius 3 is 2.44 bits per heavy atom. The van der Waals surface area contributed by atoms with Crippen LogP contribution < -0.4 is 9.21 Å². The highest BCUT2D eigenvalue weighted by atomic mass is 32.2. The fourth-order valence-corrected chi connectivity index (χ4v) is 7.30. The smallest absolute Gasteiger partial charge is 0.264 e. The number of rotatable bonds is 4. The van der Waals surface area contributed by atoms with Crippen molar-refractivity contribution in [2.75, 3.05) is 41.9 Å². The van der Waals surface area contributed by atoms with Crippen LogP contribution in [0.4, 0.5) is 15.2 Å². The van der Waals surface area contributed by atoms with E-state index < -0.39 is 10.0 Å². The summed E-state index contributed by atoms with van der Waals surface area (Å²) in [5.41, 5.74) is 2.96. The van der Waals surface area contributed by atoms with Gasteiger partial charge in [-0.2, -0.15) is 0 Å². The largest absolute Gasteiger partial charge is 0.345 e. The number of nitrogens with zero attached hydrogens (tertiary/aromatic N) is 4. The van der Waals surface area contributed by atoms with Crippen molar-refractivity contribution in [1.29, 1.82) is 0 Å². The fourth-order valence-electron chi connectivity index (χ4n) is 4.76. The molecule has 0 N–H and O–H groups in total. The predicted octanol–water partition coefficient (Wildman–Crippen LogP) is 4.15. The molecule has 3 heterocycles. The number of halogens is 1. The number of benzene rings is 3. The van der Waals surface area contributed by atoms with Crippen LogP contribution in [-0.2, 0) is 16.4 Å². The maximum absolute atomic E-state index is 13.5. The number of carbonyl (C=O) groups is 1. The van der Waals surface area contributed by atoms with Gasteiger partial charge >= 0.3 is 0 Å². The van der Waals surface area contributed by atoms with Crippen LogP contribution in [0.25, 0.3) is 10.2 Å². The Morgan fingerprint density at radius 2 is 1.67 bits per heavy atom. The summed E-state index contributed by atoms with van der Waals surface area (Å²) in [6, 6.07) is 18.3. The van der Waals surface area contributed by atoms with Gasteiger partial charge in [0.1, 0.15) is 5.82 Å². The Labute approximate surface area is 212 Å². The van der Waals surface area contributed by atoms with Crippen molar-refractivity contribution in [3.05, 3.63) is 83.7 Å². The number of aromatic nitrogens is 1. The third kappa shape index (κ3) is 4.00. The Morgan fingerprint density at radius 1 is 0.917 bits per heavy atom. The van der Waals surface area contributed by atoms with E-state index in [1.54, 1.807) is 23.1 Å². The van der Waals surface area contributed by atoms with Gasteiger partial charge in [0.05, 0.1) is 20.8 Å².